The largest absolute Gasteiger partial charge is 0.483 e. The molecule has 0 saturated carbocycles. The first-order valence-corrected chi connectivity index (χ1v) is 15.6. The van der Waals surface area contributed by atoms with Crippen molar-refractivity contribution in [3.63, 3.8) is 0 Å². The van der Waals surface area contributed by atoms with Crippen LogP contribution in [0.5, 0.6) is 0 Å². The lowest BCUT2D eigenvalue weighted by Gasteiger charge is -2.33. The maximum atomic E-state index is 12.6. The van der Waals surface area contributed by atoms with Crippen molar-refractivity contribution < 1.29 is 39.3 Å². The lowest BCUT2D eigenvalue weighted by molar-refractivity contribution is -0.140. The van der Waals surface area contributed by atoms with Gasteiger partial charge in [0.15, 0.2) is 0 Å². The second-order valence-electron chi connectivity index (χ2n) is 10.0. The Morgan fingerprint density at radius 1 is 0.628 bits per heavy atom. The number of hydrogen-bond acceptors (Lipinski definition) is 9. The molecule has 0 aliphatic carbocycles. The van der Waals surface area contributed by atoms with E-state index in [1.165, 1.54) is 0 Å². The van der Waals surface area contributed by atoms with E-state index in [9.17, 15) is 29.4 Å². The molecule has 1 rings (SSSR count). The van der Waals surface area contributed by atoms with Crippen molar-refractivity contribution >= 4 is 30.2 Å². The van der Waals surface area contributed by atoms with Gasteiger partial charge in [0.05, 0.1) is 19.6 Å². The second kappa shape index (κ2) is 29.3. The van der Waals surface area contributed by atoms with E-state index in [0.29, 0.717) is 58.8 Å². The summed E-state index contributed by atoms with van der Waals surface area (Å²) < 4.78 is 0. The zero-order valence-corrected chi connectivity index (χ0v) is 26.9. The molecule has 1 aliphatic heterocycles. The van der Waals surface area contributed by atoms with E-state index in [-0.39, 0.29) is 37.9 Å². The van der Waals surface area contributed by atoms with Crippen molar-refractivity contribution in [1.82, 2.24) is 30.2 Å². The fourth-order valence-electron chi connectivity index (χ4n) is 4.32. The van der Waals surface area contributed by atoms with Crippen molar-refractivity contribution in [1.29, 1.82) is 0 Å². The smallest absolute Gasteiger partial charge is 0.317 e. The highest BCUT2D eigenvalue weighted by Gasteiger charge is 2.19. The number of likely N-dealkylation sites (N-methyl/N-ethyl adjacent to an activating group) is 1. The van der Waals surface area contributed by atoms with Crippen LogP contribution < -0.4 is 10.6 Å². The summed E-state index contributed by atoms with van der Waals surface area (Å²) in [7, 11) is 0. The Morgan fingerprint density at radius 2 is 1.02 bits per heavy atom. The van der Waals surface area contributed by atoms with Gasteiger partial charge in [-0.3, -0.25) is 38.7 Å². The molecular weight excluding hydrogens is 560 g/mol. The zero-order valence-electron chi connectivity index (χ0n) is 26.9. The minimum absolute atomic E-state index is 0.0603. The molecule has 0 radical (unpaired) electrons. The Bertz CT molecular complexity index is 758. The molecule has 43 heavy (non-hydrogen) atoms. The van der Waals surface area contributed by atoms with Gasteiger partial charge in [-0.25, -0.2) is 0 Å². The van der Waals surface area contributed by atoms with E-state index in [1.54, 1.807) is 4.90 Å². The first-order chi connectivity index (χ1) is 20.6. The first-order valence-electron chi connectivity index (χ1n) is 15.6. The summed E-state index contributed by atoms with van der Waals surface area (Å²) in [5, 5.41) is 31.3. The van der Waals surface area contributed by atoms with Crippen LogP contribution in [0.25, 0.3) is 0 Å². The van der Waals surface area contributed by atoms with E-state index in [0.717, 1.165) is 51.7 Å². The molecule has 0 spiro atoms. The van der Waals surface area contributed by atoms with Gasteiger partial charge in [-0.15, -0.1) is 0 Å². The summed E-state index contributed by atoms with van der Waals surface area (Å²) in [6.07, 6.45) is 5.06. The fraction of sp³-hybridized carbons (Fsp3) is 0.828. The molecule has 0 aromatic rings. The number of nitrogens with zero attached hydrogens (tertiary/aromatic N) is 4. The van der Waals surface area contributed by atoms with Crippen LogP contribution >= 0.6 is 0 Å². The van der Waals surface area contributed by atoms with Crippen LogP contribution in [0.4, 0.5) is 0 Å². The second-order valence-corrected chi connectivity index (χ2v) is 10.0. The molecule has 1 saturated heterocycles. The lowest BCUT2D eigenvalue weighted by atomic mass is 10.2. The summed E-state index contributed by atoms with van der Waals surface area (Å²) in [6.45, 7) is 14.7. The van der Waals surface area contributed by atoms with Crippen molar-refractivity contribution in [2.45, 2.75) is 66.2 Å². The van der Waals surface area contributed by atoms with Crippen LogP contribution in [0.3, 0.4) is 0 Å². The van der Waals surface area contributed by atoms with Crippen LogP contribution in [0.1, 0.15) is 66.2 Å². The van der Waals surface area contributed by atoms with Crippen molar-refractivity contribution in [3.8, 4) is 0 Å². The Morgan fingerprint density at radius 3 is 1.44 bits per heavy atom. The normalized spacial score (nSPS) is 15.7. The van der Waals surface area contributed by atoms with Gasteiger partial charge in [0, 0.05) is 71.9 Å². The van der Waals surface area contributed by atoms with Crippen LogP contribution in [0.15, 0.2) is 0 Å². The third kappa shape index (κ3) is 26.5. The average molecular weight is 619 g/mol. The van der Waals surface area contributed by atoms with Crippen LogP contribution in [-0.4, -0.2) is 157 Å². The van der Waals surface area contributed by atoms with Gasteiger partial charge in [0.1, 0.15) is 0 Å². The van der Waals surface area contributed by atoms with Crippen molar-refractivity contribution in [2.75, 3.05) is 91.6 Å². The minimum atomic E-state index is -0.929. The highest BCUT2D eigenvalue weighted by Crippen LogP contribution is 2.02. The number of carboxylic acids is 2. The van der Waals surface area contributed by atoms with Gasteiger partial charge in [-0.2, -0.15) is 0 Å². The summed E-state index contributed by atoms with van der Waals surface area (Å²) in [5.41, 5.74) is 0. The Hall–Kier alpha value is -2.81. The molecule has 0 aromatic carbocycles. The number of carbonyl (C=O) groups is 5. The number of aliphatic carboxylic acids is 2. The van der Waals surface area contributed by atoms with Crippen LogP contribution in [0, 0.1) is 0 Å². The third-order valence-corrected chi connectivity index (χ3v) is 6.72. The highest BCUT2D eigenvalue weighted by molar-refractivity contribution is 5.78. The summed E-state index contributed by atoms with van der Waals surface area (Å²) in [5.74, 6) is -1.79. The van der Waals surface area contributed by atoms with E-state index in [2.05, 4.69) is 34.3 Å². The number of carbonyl (C=O) groups excluding carboxylic acids is 2. The summed E-state index contributed by atoms with van der Waals surface area (Å²) in [6, 6.07) is 0. The molecule has 1 fully saturated rings. The van der Waals surface area contributed by atoms with Gasteiger partial charge >= 0.3 is 11.9 Å². The third-order valence-electron chi connectivity index (χ3n) is 6.72. The quantitative estimate of drug-likeness (QED) is 0.121. The number of nitrogens with one attached hydrogen (secondary N) is 2. The predicted molar refractivity (Wildman–Crippen MR) is 166 cm³/mol. The van der Waals surface area contributed by atoms with E-state index in [4.69, 9.17) is 9.90 Å². The molecule has 1 aliphatic rings. The van der Waals surface area contributed by atoms with Crippen LogP contribution in [-0.2, 0) is 24.0 Å². The van der Waals surface area contributed by atoms with E-state index >= 15 is 0 Å². The van der Waals surface area contributed by atoms with Gasteiger partial charge < -0.3 is 30.9 Å². The lowest BCUT2D eigenvalue weighted by Crippen LogP contribution is -2.49. The molecule has 1 heterocycles. The van der Waals surface area contributed by atoms with E-state index < -0.39 is 11.9 Å². The van der Waals surface area contributed by atoms with Crippen molar-refractivity contribution in [3.05, 3.63) is 0 Å². The van der Waals surface area contributed by atoms with Crippen molar-refractivity contribution in [2.24, 2.45) is 0 Å². The Labute approximate surface area is 257 Å². The zero-order chi connectivity index (χ0) is 32.9. The topological polar surface area (TPSA) is 183 Å². The SMILES string of the molecule is CC.CCCCNC(=O)CCCCCNC(=O)CN1CCN(CC)CCN(CC(=O)O)CCN(CC(=O)O)CC1.O=CO. The molecular formula is C29H58N6O8. The standard InChI is InChI=1S/C26H50N6O6.C2H6.CH2O2/c1-3-5-10-27-23(33)9-7-6-8-11-28-24(34)20-30-14-12-29(4-2)13-15-31(21-25(35)36)18-19-32(17-16-30)22-26(37)38;1-2;2-1-3/h3-22H2,1-2H3,(H,27,33)(H,28,34)(H,35,36)(H,37,38);1-2H3;1H,(H,2,3). The van der Waals surface area contributed by atoms with Gasteiger partial charge in [0.25, 0.3) is 6.47 Å². The number of carboxylic acid groups (broad SMARTS) is 3. The van der Waals surface area contributed by atoms with Crippen LogP contribution in [0.2, 0.25) is 0 Å². The summed E-state index contributed by atoms with van der Waals surface area (Å²) >= 11 is 0. The monoisotopic (exact) mass is 618 g/mol. The maximum Gasteiger partial charge on any atom is 0.317 e. The number of hydrogen-bond donors (Lipinski definition) is 5. The maximum absolute atomic E-state index is 12.6. The van der Waals surface area contributed by atoms with Gasteiger partial charge in [0.2, 0.25) is 11.8 Å². The molecule has 0 bridgehead atoms. The minimum Gasteiger partial charge on any atom is -0.483 e. The molecule has 0 aromatic heterocycles. The number of amides is 2. The molecule has 5 N–H and O–H groups in total. The van der Waals surface area contributed by atoms with Gasteiger partial charge in [-0.1, -0.05) is 40.5 Å². The molecule has 2 amide bonds. The molecule has 14 heteroatoms. The van der Waals surface area contributed by atoms with E-state index in [1.807, 2.05) is 18.7 Å². The highest BCUT2D eigenvalue weighted by atomic mass is 16.4. The Kier molecular flexibility index (Phi) is 28.8. The molecule has 14 nitrogen and oxygen atoms in total. The fourth-order valence-corrected chi connectivity index (χ4v) is 4.32. The summed E-state index contributed by atoms with van der Waals surface area (Å²) in [4.78, 5) is 63.4. The molecule has 252 valence electrons. The van der Waals surface area contributed by atoms with Gasteiger partial charge in [-0.05, 0) is 25.8 Å². The molecule has 0 atom stereocenters. The number of unbranched alkanes of at least 4 members (excludes halogenated alkanes) is 3. The predicted octanol–water partition coefficient (Wildman–Crippen LogP) is 0.717. The molecule has 0 unspecified atom stereocenters. The Balaban J connectivity index is 0. The first kappa shape index (κ1) is 42.3. The number of rotatable bonds is 16. The average Bonchev–Trinajstić information content (AvgIpc) is 2.96.